The van der Waals surface area contributed by atoms with Gasteiger partial charge in [0.1, 0.15) is 5.69 Å². The number of aryl methyl sites for hydroxylation is 1. The number of alkyl halides is 2. The van der Waals surface area contributed by atoms with Crippen molar-refractivity contribution in [3.05, 3.63) is 17.5 Å². The molecule has 1 aromatic rings. The van der Waals surface area contributed by atoms with Gasteiger partial charge in [0, 0.05) is 46.0 Å². The third-order valence-corrected chi connectivity index (χ3v) is 5.64. The highest BCUT2D eigenvalue weighted by molar-refractivity contribution is 5.95. The van der Waals surface area contributed by atoms with E-state index in [0.29, 0.717) is 25.7 Å². The fourth-order valence-electron chi connectivity index (χ4n) is 4.31. The van der Waals surface area contributed by atoms with Gasteiger partial charge in [-0.05, 0) is 31.7 Å². The van der Waals surface area contributed by atoms with Crippen molar-refractivity contribution in [1.29, 1.82) is 0 Å². The smallest absolute Gasteiger partial charge is 0.282 e. The average molecular weight is 356 g/mol. The largest absolute Gasteiger partial charge is 0.383 e. The van der Waals surface area contributed by atoms with E-state index < -0.39 is 12.1 Å². The monoisotopic (exact) mass is 356 g/mol. The van der Waals surface area contributed by atoms with Crippen LogP contribution in [0.3, 0.4) is 0 Å². The zero-order valence-electron chi connectivity index (χ0n) is 15.0. The molecule has 1 amide bonds. The van der Waals surface area contributed by atoms with E-state index in [2.05, 4.69) is 17.0 Å². The van der Waals surface area contributed by atoms with Crippen LogP contribution in [0.15, 0.2) is 6.20 Å². The average Bonchev–Trinajstić information content (AvgIpc) is 3.09. The van der Waals surface area contributed by atoms with Crippen molar-refractivity contribution >= 4 is 5.91 Å². The van der Waals surface area contributed by atoms with Crippen molar-refractivity contribution in [3.8, 4) is 0 Å². The van der Waals surface area contributed by atoms with Crippen LogP contribution in [0.25, 0.3) is 0 Å². The van der Waals surface area contributed by atoms with E-state index in [9.17, 15) is 13.6 Å². The zero-order valence-corrected chi connectivity index (χ0v) is 15.0. The first-order valence-electron chi connectivity index (χ1n) is 8.65. The van der Waals surface area contributed by atoms with Gasteiger partial charge in [0.05, 0.1) is 12.2 Å². The van der Waals surface area contributed by atoms with Crippen molar-refractivity contribution in [2.75, 3.05) is 40.4 Å². The summed E-state index contributed by atoms with van der Waals surface area (Å²) in [5.41, 5.74) is -0.197. The maximum absolute atomic E-state index is 13.1. The van der Waals surface area contributed by atoms with Crippen molar-refractivity contribution in [2.24, 2.45) is 12.5 Å². The molecule has 1 aromatic heterocycles. The first-order valence-corrected chi connectivity index (χ1v) is 8.65. The molecule has 2 fully saturated rings. The van der Waals surface area contributed by atoms with Crippen LogP contribution in [0.5, 0.6) is 0 Å². The highest BCUT2D eigenvalue weighted by Crippen LogP contribution is 2.43. The fourth-order valence-corrected chi connectivity index (χ4v) is 4.31. The molecule has 0 N–H and O–H groups in total. The number of piperidine rings is 1. The van der Waals surface area contributed by atoms with Crippen LogP contribution in [-0.4, -0.2) is 71.9 Å². The lowest BCUT2D eigenvalue weighted by Crippen LogP contribution is -2.44. The number of carbonyl (C=O) groups excluding carboxylic acids is 1. The van der Waals surface area contributed by atoms with Crippen molar-refractivity contribution < 1.29 is 18.3 Å². The molecule has 0 aliphatic carbocycles. The number of rotatable bonds is 4. The molecule has 0 aromatic carbocycles. The molecule has 2 saturated heterocycles. The third kappa shape index (κ3) is 3.55. The second-order valence-corrected chi connectivity index (χ2v) is 7.42. The Morgan fingerprint density at radius 1 is 1.40 bits per heavy atom. The quantitative estimate of drug-likeness (QED) is 0.827. The van der Waals surface area contributed by atoms with E-state index in [1.165, 1.54) is 10.9 Å². The van der Waals surface area contributed by atoms with Crippen LogP contribution in [0.2, 0.25) is 0 Å². The first kappa shape index (κ1) is 18.3. The molecular weight excluding hydrogens is 330 g/mol. The summed E-state index contributed by atoms with van der Waals surface area (Å²) < 4.78 is 32.8. The predicted octanol–water partition coefficient (Wildman–Crippen LogP) is 1.93. The number of nitrogens with zero attached hydrogens (tertiary/aromatic N) is 4. The van der Waals surface area contributed by atoms with Crippen molar-refractivity contribution in [3.63, 3.8) is 0 Å². The van der Waals surface area contributed by atoms with E-state index in [1.54, 1.807) is 19.1 Å². The normalized spacial score (nSPS) is 23.8. The van der Waals surface area contributed by atoms with E-state index in [4.69, 9.17) is 4.74 Å². The molecule has 8 heteroatoms. The summed E-state index contributed by atoms with van der Waals surface area (Å²) in [4.78, 5) is 16.7. The molecule has 1 spiro atoms. The number of carbonyl (C=O) groups is 1. The van der Waals surface area contributed by atoms with E-state index in [0.717, 1.165) is 25.8 Å². The van der Waals surface area contributed by atoms with E-state index in [-0.39, 0.29) is 16.9 Å². The van der Waals surface area contributed by atoms with Gasteiger partial charge in [0.2, 0.25) is 0 Å². The Morgan fingerprint density at radius 2 is 2.08 bits per heavy atom. The minimum Gasteiger partial charge on any atom is -0.383 e. The number of halogens is 2. The van der Waals surface area contributed by atoms with Crippen LogP contribution in [-0.2, 0) is 11.8 Å². The van der Waals surface area contributed by atoms with E-state index >= 15 is 0 Å². The van der Waals surface area contributed by atoms with Gasteiger partial charge in [-0.2, -0.15) is 5.10 Å². The molecule has 3 heterocycles. The second kappa shape index (κ2) is 6.99. The summed E-state index contributed by atoms with van der Waals surface area (Å²) >= 11 is 0. The lowest BCUT2D eigenvalue weighted by molar-refractivity contribution is 0.0582. The van der Waals surface area contributed by atoms with Gasteiger partial charge in [-0.25, -0.2) is 8.78 Å². The minimum atomic E-state index is -2.74. The number of ether oxygens (including phenoxy) is 1. The number of amides is 1. The molecule has 0 saturated carbocycles. The van der Waals surface area contributed by atoms with Crippen LogP contribution in [0.4, 0.5) is 8.78 Å². The molecule has 1 atom stereocenters. The number of aromatic nitrogens is 2. The van der Waals surface area contributed by atoms with Gasteiger partial charge in [0.15, 0.2) is 0 Å². The lowest BCUT2D eigenvalue weighted by Gasteiger charge is -2.39. The molecule has 0 radical (unpaired) electrons. The Balaban J connectivity index is 1.66. The lowest BCUT2D eigenvalue weighted by atomic mass is 9.76. The summed E-state index contributed by atoms with van der Waals surface area (Å²) in [6.45, 7) is 2.92. The predicted molar refractivity (Wildman–Crippen MR) is 88.6 cm³/mol. The highest BCUT2D eigenvalue weighted by atomic mass is 19.3. The van der Waals surface area contributed by atoms with Gasteiger partial charge < -0.3 is 14.5 Å². The Labute approximate surface area is 146 Å². The molecule has 25 heavy (non-hydrogen) atoms. The number of likely N-dealkylation sites (tertiary alicyclic amines) is 2. The summed E-state index contributed by atoms with van der Waals surface area (Å²) in [6.07, 6.45) is 1.51. The van der Waals surface area contributed by atoms with Gasteiger partial charge in [-0.15, -0.1) is 0 Å². The van der Waals surface area contributed by atoms with Crippen LogP contribution >= 0.6 is 0 Å². The highest BCUT2D eigenvalue weighted by Gasteiger charge is 2.45. The number of hydrogen-bond acceptors (Lipinski definition) is 4. The molecular formula is C17H26F2N4O2. The molecule has 2 aliphatic heterocycles. The Morgan fingerprint density at radius 3 is 2.68 bits per heavy atom. The standard InChI is InChI=1S/C17H26F2N4O2/c1-21-11-17(8-12(21)10-25-3)4-6-23(7-5-17)16(24)13-9-22(2)20-14(13)15(18)19/h9,12,15H,4-8,10-11H2,1-3H3. The van der Waals surface area contributed by atoms with Gasteiger partial charge >= 0.3 is 0 Å². The third-order valence-electron chi connectivity index (χ3n) is 5.64. The Hall–Kier alpha value is -1.54. The van der Waals surface area contributed by atoms with Crippen LogP contribution in [0, 0.1) is 5.41 Å². The second-order valence-electron chi connectivity index (χ2n) is 7.42. The van der Waals surface area contributed by atoms with Crippen molar-refractivity contribution in [1.82, 2.24) is 19.6 Å². The maximum Gasteiger partial charge on any atom is 0.282 e. The molecule has 1 unspecified atom stereocenters. The fraction of sp³-hybridized carbons (Fsp3) is 0.765. The summed E-state index contributed by atoms with van der Waals surface area (Å²) in [5, 5.41) is 3.74. The number of likely N-dealkylation sites (N-methyl/N-ethyl adjacent to an activating group) is 1. The molecule has 6 nitrogen and oxygen atoms in total. The maximum atomic E-state index is 13.1. The molecule has 140 valence electrons. The van der Waals surface area contributed by atoms with Crippen molar-refractivity contribution in [2.45, 2.75) is 31.7 Å². The molecule has 3 rings (SSSR count). The summed E-state index contributed by atoms with van der Waals surface area (Å²) in [7, 11) is 5.38. The van der Waals surface area contributed by atoms with E-state index in [1.807, 2.05) is 0 Å². The van der Waals surface area contributed by atoms with Gasteiger partial charge in [0.25, 0.3) is 12.3 Å². The van der Waals surface area contributed by atoms with Gasteiger partial charge in [-0.3, -0.25) is 9.48 Å². The van der Waals surface area contributed by atoms with Gasteiger partial charge in [-0.1, -0.05) is 0 Å². The number of hydrogen-bond donors (Lipinski definition) is 0. The molecule has 2 aliphatic rings. The molecule has 0 bridgehead atoms. The summed E-state index contributed by atoms with van der Waals surface area (Å²) in [5.74, 6) is -0.335. The Bertz CT molecular complexity index is 626. The topological polar surface area (TPSA) is 50.6 Å². The SMILES string of the molecule is COCC1CC2(CCN(C(=O)c3cn(C)nc3C(F)F)CC2)CN1C. The Kier molecular flexibility index (Phi) is 5.11. The minimum absolute atomic E-state index is 0.0225. The first-order chi connectivity index (χ1) is 11.8. The van der Waals surface area contributed by atoms with Crippen LogP contribution in [0.1, 0.15) is 41.7 Å². The zero-order chi connectivity index (χ0) is 18.2. The summed E-state index contributed by atoms with van der Waals surface area (Å²) in [6, 6.07) is 0.413. The number of methoxy groups -OCH3 is 1. The van der Waals surface area contributed by atoms with Crippen LogP contribution < -0.4 is 0 Å².